The normalized spacial score (nSPS) is 11.0. The molecule has 1 aromatic heterocycles. The molecule has 1 heterocycles. The number of benzene rings is 2. The molecule has 0 fully saturated rings. The van der Waals surface area contributed by atoms with Gasteiger partial charge in [-0.2, -0.15) is 0 Å². The summed E-state index contributed by atoms with van der Waals surface area (Å²) in [5.41, 5.74) is 2.92. The van der Waals surface area contributed by atoms with Crippen LogP contribution in [-0.4, -0.2) is 16.2 Å². The quantitative estimate of drug-likeness (QED) is 0.419. The van der Waals surface area contributed by atoms with Gasteiger partial charge in [-0.1, -0.05) is 23.7 Å². The third kappa shape index (κ3) is 2.93. The third-order valence-electron chi connectivity index (χ3n) is 3.20. The summed E-state index contributed by atoms with van der Waals surface area (Å²) in [4.78, 5) is 10.3. The predicted molar refractivity (Wildman–Crippen MR) is 94.2 cm³/mol. The van der Waals surface area contributed by atoms with Crippen molar-refractivity contribution < 1.29 is 0 Å². The van der Waals surface area contributed by atoms with Crippen molar-refractivity contribution in [3.05, 3.63) is 51.6 Å². The highest BCUT2D eigenvalue weighted by molar-refractivity contribution is 9.10. The Kier molecular flexibility index (Phi) is 4.20. The van der Waals surface area contributed by atoms with Crippen LogP contribution in [0.2, 0.25) is 5.15 Å². The van der Waals surface area contributed by atoms with Gasteiger partial charge in [0.15, 0.2) is 5.82 Å². The molecular formula is C16H12BrClN2S. The van der Waals surface area contributed by atoms with Crippen molar-refractivity contribution in [3.63, 3.8) is 0 Å². The molecule has 3 aromatic rings. The average molecular weight is 380 g/mol. The number of fused-ring (bicyclic) bond motifs is 1. The second kappa shape index (κ2) is 5.95. The van der Waals surface area contributed by atoms with E-state index >= 15 is 0 Å². The van der Waals surface area contributed by atoms with E-state index in [4.69, 9.17) is 11.6 Å². The van der Waals surface area contributed by atoms with E-state index in [0.717, 1.165) is 26.5 Å². The van der Waals surface area contributed by atoms with Crippen LogP contribution in [0.4, 0.5) is 0 Å². The minimum atomic E-state index is 0.480. The van der Waals surface area contributed by atoms with Gasteiger partial charge in [0.1, 0.15) is 5.15 Å². The first kappa shape index (κ1) is 14.8. The molecular weight excluding hydrogens is 368 g/mol. The summed E-state index contributed by atoms with van der Waals surface area (Å²) in [5.74, 6) is 0.643. The van der Waals surface area contributed by atoms with E-state index in [1.54, 1.807) is 11.8 Å². The summed E-state index contributed by atoms with van der Waals surface area (Å²) < 4.78 is 0.934. The van der Waals surface area contributed by atoms with Gasteiger partial charge in [0, 0.05) is 20.3 Å². The summed E-state index contributed by atoms with van der Waals surface area (Å²) in [6, 6.07) is 12.2. The van der Waals surface area contributed by atoms with E-state index in [-0.39, 0.29) is 0 Å². The van der Waals surface area contributed by atoms with Gasteiger partial charge in [0.25, 0.3) is 0 Å². The lowest BCUT2D eigenvalue weighted by Crippen LogP contribution is -1.93. The minimum absolute atomic E-state index is 0.480. The van der Waals surface area contributed by atoms with Gasteiger partial charge in [-0.15, -0.1) is 11.8 Å². The van der Waals surface area contributed by atoms with Crippen molar-refractivity contribution in [2.24, 2.45) is 0 Å². The Morgan fingerprint density at radius 3 is 2.48 bits per heavy atom. The Labute approximate surface area is 141 Å². The molecule has 0 aliphatic rings. The fourth-order valence-electron chi connectivity index (χ4n) is 2.16. The molecule has 0 bridgehead atoms. The lowest BCUT2D eigenvalue weighted by molar-refractivity contribution is 1.22. The number of nitrogens with zero attached hydrogens (tertiary/aromatic N) is 2. The molecule has 0 saturated carbocycles. The summed E-state index contributed by atoms with van der Waals surface area (Å²) in [6.45, 7) is 2.02. The smallest absolute Gasteiger partial charge is 0.161 e. The highest BCUT2D eigenvalue weighted by Gasteiger charge is 2.11. The second-order valence-electron chi connectivity index (χ2n) is 4.71. The molecule has 0 atom stereocenters. The van der Waals surface area contributed by atoms with Crippen molar-refractivity contribution in [1.29, 1.82) is 0 Å². The van der Waals surface area contributed by atoms with Crippen molar-refractivity contribution >= 4 is 50.2 Å². The number of thioether (sulfide) groups is 1. The predicted octanol–water partition coefficient (Wildman–Crippen LogP) is 5.74. The Balaban J connectivity index is 2.19. The van der Waals surface area contributed by atoms with Gasteiger partial charge >= 0.3 is 0 Å². The van der Waals surface area contributed by atoms with E-state index in [2.05, 4.69) is 44.3 Å². The SMILES string of the molecule is CSc1ccc(-c2nc(Cl)c3cc(C)cc(Br)c3n2)cc1. The monoisotopic (exact) mass is 378 g/mol. The lowest BCUT2D eigenvalue weighted by atomic mass is 10.1. The van der Waals surface area contributed by atoms with Crippen LogP contribution in [0.5, 0.6) is 0 Å². The first-order valence-corrected chi connectivity index (χ1v) is 8.76. The zero-order valence-electron chi connectivity index (χ0n) is 11.5. The Bertz CT molecular complexity index is 819. The first-order valence-electron chi connectivity index (χ1n) is 6.36. The molecule has 0 amide bonds. The van der Waals surface area contributed by atoms with Crippen LogP contribution in [-0.2, 0) is 0 Å². The van der Waals surface area contributed by atoms with Gasteiger partial charge in [-0.25, -0.2) is 9.97 Å². The van der Waals surface area contributed by atoms with Crippen LogP contribution in [0.15, 0.2) is 45.8 Å². The molecule has 3 rings (SSSR count). The van der Waals surface area contributed by atoms with Gasteiger partial charge in [-0.05, 0) is 58.9 Å². The van der Waals surface area contributed by atoms with Crippen LogP contribution >= 0.6 is 39.3 Å². The highest BCUT2D eigenvalue weighted by atomic mass is 79.9. The van der Waals surface area contributed by atoms with E-state index in [1.165, 1.54) is 4.90 Å². The van der Waals surface area contributed by atoms with Gasteiger partial charge in [0.2, 0.25) is 0 Å². The standard InChI is InChI=1S/C16H12BrClN2S/c1-9-7-12-14(13(17)8-9)19-16(20-15(12)18)10-3-5-11(21-2)6-4-10/h3-8H,1-2H3. The molecule has 0 N–H and O–H groups in total. The molecule has 0 radical (unpaired) electrons. The number of hydrogen-bond acceptors (Lipinski definition) is 3. The summed E-state index contributed by atoms with van der Waals surface area (Å²) in [5, 5.41) is 1.35. The fraction of sp³-hybridized carbons (Fsp3) is 0.125. The Morgan fingerprint density at radius 1 is 1.10 bits per heavy atom. The summed E-state index contributed by atoms with van der Waals surface area (Å²) in [6.07, 6.45) is 2.05. The number of aromatic nitrogens is 2. The average Bonchev–Trinajstić information content (AvgIpc) is 2.48. The van der Waals surface area contributed by atoms with E-state index in [9.17, 15) is 0 Å². The maximum absolute atomic E-state index is 6.34. The number of halogens is 2. The molecule has 5 heteroatoms. The molecule has 0 spiro atoms. The first-order chi connectivity index (χ1) is 10.1. The molecule has 0 saturated heterocycles. The van der Waals surface area contributed by atoms with Crippen molar-refractivity contribution in [1.82, 2.24) is 9.97 Å². The van der Waals surface area contributed by atoms with Crippen LogP contribution in [0.3, 0.4) is 0 Å². The van der Waals surface area contributed by atoms with Crippen LogP contribution in [0, 0.1) is 6.92 Å². The zero-order chi connectivity index (χ0) is 15.0. The van der Waals surface area contributed by atoms with Crippen LogP contribution in [0.1, 0.15) is 5.56 Å². The fourth-order valence-corrected chi connectivity index (χ4v) is 3.45. The largest absolute Gasteiger partial charge is 0.227 e. The Morgan fingerprint density at radius 2 is 1.81 bits per heavy atom. The Hall–Kier alpha value is -1.10. The van der Waals surface area contributed by atoms with Crippen molar-refractivity contribution in [3.8, 4) is 11.4 Å². The van der Waals surface area contributed by atoms with Crippen LogP contribution in [0.25, 0.3) is 22.3 Å². The van der Waals surface area contributed by atoms with Crippen molar-refractivity contribution in [2.75, 3.05) is 6.26 Å². The van der Waals surface area contributed by atoms with E-state index in [0.29, 0.717) is 11.0 Å². The third-order valence-corrected chi connectivity index (χ3v) is 4.84. The minimum Gasteiger partial charge on any atom is -0.227 e. The molecule has 0 aliphatic heterocycles. The topological polar surface area (TPSA) is 25.8 Å². The highest BCUT2D eigenvalue weighted by Crippen LogP contribution is 2.31. The van der Waals surface area contributed by atoms with E-state index in [1.807, 2.05) is 31.2 Å². The molecule has 21 heavy (non-hydrogen) atoms. The maximum Gasteiger partial charge on any atom is 0.161 e. The van der Waals surface area contributed by atoms with Gasteiger partial charge in [0.05, 0.1) is 5.52 Å². The van der Waals surface area contributed by atoms with Gasteiger partial charge < -0.3 is 0 Å². The molecule has 2 nitrogen and oxygen atoms in total. The number of hydrogen-bond donors (Lipinski definition) is 0. The molecule has 0 unspecified atom stereocenters. The van der Waals surface area contributed by atoms with E-state index < -0.39 is 0 Å². The zero-order valence-corrected chi connectivity index (χ0v) is 14.7. The maximum atomic E-state index is 6.34. The number of rotatable bonds is 2. The van der Waals surface area contributed by atoms with Crippen molar-refractivity contribution in [2.45, 2.75) is 11.8 Å². The summed E-state index contributed by atoms with van der Waals surface area (Å²) in [7, 11) is 0. The lowest BCUT2D eigenvalue weighted by Gasteiger charge is -2.07. The summed E-state index contributed by atoms with van der Waals surface area (Å²) >= 11 is 11.6. The second-order valence-corrected chi connectivity index (χ2v) is 6.80. The molecule has 2 aromatic carbocycles. The van der Waals surface area contributed by atoms with Crippen LogP contribution < -0.4 is 0 Å². The van der Waals surface area contributed by atoms with Gasteiger partial charge in [-0.3, -0.25) is 0 Å². The number of aryl methyl sites for hydroxylation is 1. The molecule has 0 aliphatic carbocycles. The molecule has 106 valence electrons.